The molecule has 0 saturated carbocycles. The molecule has 13 heteroatoms. The Hall–Kier alpha value is -4.78. The number of esters is 1. The minimum Gasteiger partial charge on any atom is -0.481 e. The van der Waals surface area contributed by atoms with Crippen molar-refractivity contribution in [2.45, 2.75) is 52.4 Å². The van der Waals surface area contributed by atoms with E-state index in [9.17, 15) is 29.4 Å². The van der Waals surface area contributed by atoms with Gasteiger partial charge in [-0.2, -0.15) is 0 Å². The molecule has 0 fully saturated rings. The molecule has 3 rings (SSSR count). The number of ether oxygens (including phenoxy) is 2. The molecule has 0 radical (unpaired) electrons. The monoisotopic (exact) mass is 595 g/mol. The topological polar surface area (TPSA) is 182 Å². The van der Waals surface area contributed by atoms with Crippen molar-refractivity contribution in [1.82, 2.24) is 25.6 Å². The predicted molar refractivity (Wildman–Crippen MR) is 155 cm³/mol. The van der Waals surface area contributed by atoms with Crippen LogP contribution in [0, 0.1) is 11.3 Å². The van der Waals surface area contributed by atoms with E-state index in [2.05, 4.69) is 25.7 Å². The molecule has 3 aromatic rings. The molecule has 43 heavy (non-hydrogen) atoms. The zero-order valence-corrected chi connectivity index (χ0v) is 24.5. The van der Waals surface area contributed by atoms with Crippen LogP contribution in [0.3, 0.4) is 0 Å². The lowest BCUT2D eigenvalue weighted by molar-refractivity contribution is -0.152. The number of aromatic nitrogens is 3. The number of nitrogens with one attached hydrogen (secondary N) is 2. The van der Waals surface area contributed by atoms with E-state index in [0.717, 1.165) is 21.4 Å². The molecule has 4 N–H and O–H groups in total. The Bertz CT molecular complexity index is 1390. The van der Waals surface area contributed by atoms with Gasteiger partial charge in [-0.15, -0.1) is 5.10 Å². The van der Waals surface area contributed by atoms with E-state index in [1.165, 1.54) is 20.2 Å². The van der Waals surface area contributed by atoms with Gasteiger partial charge in [-0.3, -0.25) is 9.59 Å². The van der Waals surface area contributed by atoms with Crippen LogP contribution in [0.2, 0.25) is 0 Å². The first-order valence-electron chi connectivity index (χ1n) is 13.7. The summed E-state index contributed by atoms with van der Waals surface area (Å²) in [6, 6.07) is 15.9. The van der Waals surface area contributed by atoms with E-state index in [-0.39, 0.29) is 24.8 Å². The van der Waals surface area contributed by atoms with E-state index >= 15 is 0 Å². The zero-order chi connectivity index (χ0) is 31.6. The van der Waals surface area contributed by atoms with Gasteiger partial charge in [0.05, 0.1) is 25.3 Å². The fourth-order valence-electron chi connectivity index (χ4n) is 4.31. The lowest BCUT2D eigenvalue weighted by Crippen LogP contribution is -2.45. The highest BCUT2D eigenvalue weighted by Gasteiger charge is 2.36. The zero-order valence-electron chi connectivity index (χ0n) is 24.5. The Morgan fingerprint density at radius 3 is 2.23 bits per heavy atom. The van der Waals surface area contributed by atoms with Gasteiger partial charge < -0.3 is 30.3 Å². The van der Waals surface area contributed by atoms with Crippen molar-refractivity contribution in [3.05, 3.63) is 72.1 Å². The highest BCUT2D eigenvalue weighted by atomic mass is 16.6. The summed E-state index contributed by atoms with van der Waals surface area (Å²) in [5.74, 6) is -2.83. The average Bonchev–Trinajstić information content (AvgIpc) is 3.48. The van der Waals surface area contributed by atoms with Gasteiger partial charge in [-0.1, -0.05) is 73.7 Å². The van der Waals surface area contributed by atoms with Gasteiger partial charge >= 0.3 is 18.0 Å². The largest absolute Gasteiger partial charge is 0.481 e. The fraction of sp³-hybridized carbons (Fsp3) is 0.400. The summed E-state index contributed by atoms with van der Waals surface area (Å²) in [5, 5.41) is 32.5. The number of carboxylic acid groups (broad SMARTS) is 1. The third-order valence-corrected chi connectivity index (χ3v) is 6.93. The summed E-state index contributed by atoms with van der Waals surface area (Å²) in [6.07, 6.45) is 0.728. The molecule has 0 aliphatic heterocycles. The molecule has 2 amide bonds. The number of carbonyl (C=O) groups is 4. The molecular formula is C30H37N5O8. The van der Waals surface area contributed by atoms with Crippen molar-refractivity contribution in [2.75, 3.05) is 13.7 Å². The third-order valence-electron chi connectivity index (χ3n) is 6.93. The van der Waals surface area contributed by atoms with Crippen LogP contribution in [-0.4, -0.2) is 74.9 Å². The number of hydrogen-bond donors (Lipinski definition) is 4. The van der Waals surface area contributed by atoms with Gasteiger partial charge in [-0.05, 0) is 42.4 Å². The summed E-state index contributed by atoms with van der Waals surface area (Å²) >= 11 is 0. The second-order valence-electron chi connectivity index (χ2n) is 10.8. The van der Waals surface area contributed by atoms with E-state index in [4.69, 9.17) is 4.74 Å². The van der Waals surface area contributed by atoms with Crippen molar-refractivity contribution >= 4 is 23.9 Å². The standard InChI is InChI=1S/C30H37N5O8/c1-19(2)25(32-29(41)42-4)27(38)43-18-35-16-24(33-34-35)26(37)31-23(15-30(3,17-36)28(39)40)14-20-10-12-22(13-11-20)21-8-6-5-7-9-21/h5-13,16,19,23,25,36H,14-15,17-18H2,1-4H3,(H,31,37)(H,32,41)(H,39,40)/t23-,25?,30+/m1/s1. The summed E-state index contributed by atoms with van der Waals surface area (Å²) < 4.78 is 10.9. The normalized spacial score (nSPS) is 13.8. The first kappa shape index (κ1) is 32.7. The smallest absolute Gasteiger partial charge is 0.407 e. The van der Waals surface area contributed by atoms with Crippen LogP contribution in [0.4, 0.5) is 4.79 Å². The predicted octanol–water partition coefficient (Wildman–Crippen LogP) is 2.64. The second kappa shape index (κ2) is 14.9. The van der Waals surface area contributed by atoms with Gasteiger partial charge in [-0.25, -0.2) is 14.3 Å². The number of benzene rings is 2. The molecule has 0 aliphatic carbocycles. The number of methoxy groups -OCH3 is 1. The van der Waals surface area contributed by atoms with Gasteiger partial charge in [0, 0.05) is 6.04 Å². The molecule has 0 aliphatic rings. The van der Waals surface area contributed by atoms with Crippen molar-refractivity contribution in [1.29, 1.82) is 0 Å². The molecule has 0 saturated heterocycles. The maximum absolute atomic E-state index is 13.1. The highest BCUT2D eigenvalue weighted by Crippen LogP contribution is 2.26. The molecule has 0 bridgehead atoms. The van der Waals surface area contributed by atoms with E-state index in [1.807, 2.05) is 54.6 Å². The van der Waals surface area contributed by atoms with Crippen molar-refractivity contribution < 1.29 is 38.9 Å². The molecule has 1 heterocycles. The van der Waals surface area contributed by atoms with E-state index in [0.29, 0.717) is 6.42 Å². The lowest BCUT2D eigenvalue weighted by atomic mass is 9.82. The third kappa shape index (κ3) is 9.10. The maximum atomic E-state index is 13.1. The second-order valence-corrected chi connectivity index (χ2v) is 10.8. The molecule has 3 atom stereocenters. The molecular weight excluding hydrogens is 558 g/mol. The van der Waals surface area contributed by atoms with Crippen molar-refractivity contribution in [2.24, 2.45) is 11.3 Å². The number of rotatable bonds is 14. The number of amides is 2. The minimum absolute atomic E-state index is 0.0550. The van der Waals surface area contributed by atoms with Gasteiger partial charge in [0.1, 0.15) is 6.04 Å². The molecule has 13 nitrogen and oxygen atoms in total. The van der Waals surface area contributed by atoms with E-state index in [1.54, 1.807) is 13.8 Å². The number of hydrogen-bond acceptors (Lipinski definition) is 9. The number of aliphatic carboxylic acids is 1. The average molecular weight is 596 g/mol. The van der Waals surface area contributed by atoms with Crippen LogP contribution in [0.1, 0.15) is 43.2 Å². The summed E-state index contributed by atoms with van der Waals surface area (Å²) in [6.45, 7) is 3.87. The Kier molecular flexibility index (Phi) is 11.4. The first-order valence-corrected chi connectivity index (χ1v) is 13.7. The van der Waals surface area contributed by atoms with Crippen LogP contribution < -0.4 is 10.6 Å². The number of aliphatic hydroxyl groups is 1. The van der Waals surface area contributed by atoms with Gasteiger partial charge in [0.15, 0.2) is 12.4 Å². The molecule has 1 unspecified atom stereocenters. The van der Waals surface area contributed by atoms with Crippen LogP contribution in [-0.2, 0) is 32.2 Å². The van der Waals surface area contributed by atoms with Crippen LogP contribution in [0.25, 0.3) is 11.1 Å². The van der Waals surface area contributed by atoms with Crippen LogP contribution in [0.5, 0.6) is 0 Å². The highest BCUT2D eigenvalue weighted by molar-refractivity contribution is 5.92. The first-order chi connectivity index (χ1) is 20.4. The number of carbonyl (C=O) groups excluding carboxylic acids is 3. The quantitative estimate of drug-likeness (QED) is 0.202. The number of nitrogens with zero attached hydrogens (tertiary/aromatic N) is 3. The Labute approximate surface area is 249 Å². The molecule has 0 spiro atoms. The SMILES string of the molecule is COC(=O)NC(C(=O)OCn1cc(C(=O)N[C@H](Cc2ccc(-c3ccccc3)cc2)C[C@@](C)(CO)C(=O)O)nn1)C(C)C. The Balaban J connectivity index is 1.70. The Morgan fingerprint density at radius 2 is 1.65 bits per heavy atom. The Morgan fingerprint density at radius 1 is 1.00 bits per heavy atom. The van der Waals surface area contributed by atoms with Gasteiger partial charge in [0.25, 0.3) is 5.91 Å². The number of aliphatic hydroxyl groups excluding tert-OH is 1. The fourth-order valence-corrected chi connectivity index (χ4v) is 4.31. The van der Waals surface area contributed by atoms with Crippen LogP contribution in [0.15, 0.2) is 60.8 Å². The summed E-state index contributed by atoms with van der Waals surface area (Å²) in [5.41, 5.74) is 1.32. The molecule has 2 aromatic carbocycles. The van der Waals surface area contributed by atoms with Crippen molar-refractivity contribution in [3.8, 4) is 11.1 Å². The maximum Gasteiger partial charge on any atom is 0.407 e. The van der Waals surface area contributed by atoms with E-state index < -0.39 is 48.0 Å². The lowest BCUT2D eigenvalue weighted by Gasteiger charge is -2.28. The molecule has 1 aromatic heterocycles. The summed E-state index contributed by atoms with van der Waals surface area (Å²) in [7, 11) is 1.18. The van der Waals surface area contributed by atoms with Crippen LogP contribution >= 0.6 is 0 Å². The minimum atomic E-state index is -1.50. The number of carboxylic acids is 1. The van der Waals surface area contributed by atoms with Crippen molar-refractivity contribution in [3.63, 3.8) is 0 Å². The molecule has 230 valence electrons. The van der Waals surface area contributed by atoms with Gasteiger partial charge in [0.2, 0.25) is 0 Å². The summed E-state index contributed by atoms with van der Waals surface area (Å²) in [4.78, 5) is 49.1. The number of alkyl carbamates (subject to hydrolysis) is 1.